The summed E-state index contributed by atoms with van der Waals surface area (Å²) in [4.78, 5) is 0. The first-order chi connectivity index (χ1) is 6.84. The Hall–Kier alpha value is -1.85. The number of anilines is 1. The van der Waals surface area contributed by atoms with Crippen molar-refractivity contribution in [3.63, 3.8) is 0 Å². The predicted octanol–water partition coefficient (Wildman–Crippen LogP) is 0.767. The standard InChI is InChI=1S/C8H11N5O/c1-7(5-13-4-2-3-10-13)11-8-12-9-6-14-8/h2-4,6-7H,5H2,1H3,(H,11,12). The molecule has 0 aliphatic rings. The topological polar surface area (TPSA) is 68.8 Å². The van der Waals surface area contributed by atoms with Crippen molar-refractivity contribution in [2.45, 2.75) is 19.5 Å². The van der Waals surface area contributed by atoms with Crippen molar-refractivity contribution in [1.82, 2.24) is 20.0 Å². The molecule has 2 aromatic heterocycles. The molecule has 0 saturated carbocycles. The van der Waals surface area contributed by atoms with E-state index in [4.69, 9.17) is 4.42 Å². The normalized spacial score (nSPS) is 12.6. The Morgan fingerprint density at radius 1 is 1.64 bits per heavy atom. The predicted molar refractivity (Wildman–Crippen MR) is 49.6 cm³/mol. The minimum atomic E-state index is 0.190. The van der Waals surface area contributed by atoms with E-state index < -0.39 is 0 Å². The highest BCUT2D eigenvalue weighted by Gasteiger charge is 2.05. The van der Waals surface area contributed by atoms with Gasteiger partial charge < -0.3 is 9.73 Å². The molecular formula is C8H11N5O. The zero-order valence-corrected chi connectivity index (χ0v) is 7.79. The summed E-state index contributed by atoms with van der Waals surface area (Å²) in [6.07, 6.45) is 4.95. The van der Waals surface area contributed by atoms with E-state index in [0.717, 1.165) is 6.54 Å². The third-order valence-electron chi connectivity index (χ3n) is 1.75. The second-order valence-corrected chi connectivity index (χ2v) is 3.02. The maximum absolute atomic E-state index is 4.96. The lowest BCUT2D eigenvalue weighted by molar-refractivity contribution is 0.521. The third kappa shape index (κ3) is 2.09. The van der Waals surface area contributed by atoms with Crippen LogP contribution >= 0.6 is 0 Å². The zero-order valence-electron chi connectivity index (χ0n) is 7.79. The van der Waals surface area contributed by atoms with Gasteiger partial charge in [-0.1, -0.05) is 5.10 Å². The molecule has 0 radical (unpaired) electrons. The molecule has 0 fully saturated rings. The van der Waals surface area contributed by atoms with Crippen LogP contribution < -0.4 is 5.32 Å². The zero-order chi connectivity index (χ0) is 9.80. The number of nitrogens with zero attached hydrogens (tertiary/aromatic N) is 4. The molecule has 0 amide bonds. The van der Waals surface area contributed by atoms with E-state index in [1.807, 2.05) is 23.9 Å². The Bertz CT molecular complexity index is 319. The van der Waals surface area contributed by atoms with Gasteiger partial charge in [0.1, 0.15) is 0 Å². The van der Waals surface area contributed by atoms with E-state index in [2.05, 4.69) is 20.6 Å². The van der Waals surface area contributed by atoms with Gasteiger partial charge in [-0.25, -0.2) is 0 Å². The quantitative estimate of drug-likeness (QED) is 0.776. The smallest absolute Gasteiger partial charge is 0.315 e. The lowest BCUT2D eigenvalue weighted by atomic mass is 10.3. The van der Waals surface area contributed by atoms with Crippen molar-refractivity contribution in [3.05, 3.63) is 24.9 Å². The average molecular weight is 193 g/mol. The average Bonchev–Trinajstić information content (AvgIpc) is 2.76. The van der Waals surface area contributed by atoms with Gasteiger partial charge in [0.05, 0.1) is 6.54 Å². The van der Waals surface area contributed by atoms with Crippen molar-refractivity contribution in [1.29, 1.82) is 0 Å². The first kappa shape index (κ1) is 8.74. The maximum Gasteiger partial charge on any atom is 0.315 e. The minimum absolute atomic E-state index is 0.190. The largest absolute Gasteiger partial charge is 0.411 e. The Balaban J connectivity index is 1.88. The van der Waals surface area contributed by atoms with E-state index in [1.54, 1.807) is 6.20 Å². The summed E-state index contributed by atoms with van der Waals surface area (Å²) in [5, 5.41) is 14.5. The number of hydrogen-bond donors (Lipinski definition) is 1. The fourth-order valence-electron chi connectivity index (χ4n) is 1.18. The second kappa shape index (κ2) is 3.91. The van der Waals surface area contributed by atoms with Gasteiger partial charge in [0, 0.05) is 18.4 Å². The Kier molecular flexibility index (Phi) is 2.44. The first-order valence-corrected chi connectivity index (χ1v) is 4.35. The Morgan fingerprint density at radius 2 is 2.57 bits per heavy atom. The summed E-state index contributed by atoms with van der Waals surface area (Å²) in [7, 11) is 0. The Morgan fingerprint density at radius 3 is 3.21 bits per heavy atom. The van der Waals surface area contributed by atoms with E-state index in [9.17, 15) is 0 Å². The molecule has 1 atom stereocenters. The van der Waals surface area contributed by atoms with Crippen LogP contribution in [0, 0.1) is 0 Å². The first-order valence-electron chi connectivity index (χ1n) is 4.35. The van der Waals surface area contributed by atoms with Gasteiger partial charge in [-0.15, -0.1) is 5.10 Å². The molecule has 2 aromatic rings. The molecule has 1 N–H and O–H groups in total. The van der Waals surface area contributed by atoms with Crippen LogP contribution in [0.25, 0.3) is 0 Å². The van der Waals surface area contributed by atoms with Gasteiger partial charge >= 0.3 is 6.01 Å². The van der Waals surface area contributed by atoms with Crippen LogP contribution in [0.4, 0.5) is 6.01 Å². The molecule has 0 bridgehead atoms. The molecule has 6 nitrogen and oxygen atoms in total. The number of hydrogen-bond acceptors (Lipinski definition) is 5. The van der Waals surface area contributed by atoms with Crippen LogP contribution in [0.1, 0.15) is 6.92 Å². The highest BCUT2D eigenvalue weighted by atomic mass is 16.4. The lowest BCUT2D eigenvalue weighted by Gasteiger charge is -2.11. The maximum atomic E-state index is 4.96. The third-order valence-corrected chi connectivity index (χ3v) is 1.75. The van der Waals surface area contributed by atoms with E-state index in [-0.39, 0.29) is 6.04 Å². The van der Waals surface area contributed by atoms with Crippen LogP contribution in [-0.4, -0.2) is 26.0 Å². The highest BCUT2D eigenvalue weighted by molar-refractivity contribution is 5.17. The molecule has 1 unspecified atom stereocenters. The monoisotopic (exact) mass is 193 g/mol. The summed E-state index contributed by atoms with van der Waals surface area (Å²) >= 11 is 0. The van der Waals surface area contributed by atoms with Gasteiger partial charge in [0.2, 0.25) is 6.39 Å². The van der Waals surface area contributed by atoms with E-state index in [1.165, 1.54) is 6.39 Å². The van der Waals surface area contributed by atoms with Crippen molar-refractivity contribution >= 4 is 6.01 Å². The van der Waals surface area contributed by atoms with Crippen LogP contribution in [0.3, 0.4) is 0 Å². The van der Waals surface area contributed by atoms with Crippen LogP contribution in [-0.2, 0) is 6.54 Å². The summed E-state index contributed by atoms with van der Waals surface area (Å²) < 4.78 is 6.80. The Labute approximate surface area is 80.9 Å². The summed E-state index contributed by atoms with van der Waals surface area (Å²) in [5.41, 5.74) is 0. The van der Waals surface area contributed by atoms with Crippen LogP contribution in [0.2, 0.25) is 0 Å². The van der Waals surface area contributed by atoms with Gasteiger partial charge in [-0.05, 0) is 13.0 Å². The molecule has 0 aromatic carbocycles. The molecule has 14 heavy (non-hydrogen) atoms. The highest BCUT2D eigenvalue weighted by Crippen LogP contribution is 2.02. The molecule has 2 heterocycles. The summed E-state index contributed by atoms with van der Waals surface area (Å²) in [6.45, 7) is 2.78. The van der Waals surface area contributed by atoms with Gasteiger partial charge in [0.15, 0.2) is 0 Å². The summed E-state index contributed by atoms with van der Waals surface area (Å²) in [6, 6.07) is 2.51. The molecule has 0 saturated heterocycles. The van der Waals surface area contributed by atoms with Gasteiger partial charge in [-0.3, -0.25) is 4.68 Å². The van der Waals surface area contributed by atoms with E-state index >= 15 is 0 Å². The van der Waals surface area contributed by atoms with Crippen LogP contribution in [0.15, 0.2) is 29.3 Å². The van der Waals surface area contributed by atoms with Gasteiger partial charge in [-0.2, -0.15) is 5.10 Å². The molecule has 0 aliphatic heterocycles. The molecule has 74 valence electrons. The van der Waals surface area contributed by atoms with Gasteiger partial charge in [0.25, 0.3) is 0 Å². The van der Waals surface area contributed by atoms with Crippen molar-refractivity contribution < 1.29 is 4.42 Å². The fourth-order valence-corrected chi connectivity index (χ4v) is 1.18. The van der Waals surface area contributed by atoms with Crippen molar-refractivity contribution in [2.24, 2.45) is 0 Å². The van der Waals surface area contributed by atoms with Crippen LogP contribution in [0.5, 0.6) is 0 Å². The molecule has 2 rings (SSSR count). The second-order valence-electron chi connectivity index (χ2n) is 3.02. The number of nitrogens with one attached hydrogen (secondary N) is 1. The molecule has 6 heteroatoms. The lowest BCUT2D eigenvalue weighted by Crippen LogP contribution is -2.22. The number of rotatable bonds is 4. The SMILES string of the molecule is CC(Cn1cccn1)Nc1nnco1. The summed E-state index contributed by atoms with van der Waals surface area (Å²) in [5.74, 6) is 0. The van der Waals surface area contributed by atoms with Crippen molar-refractivity contribution in [2.75, 3.05) is 5.32 Å². The molecule has 0 aliphatic carbocycles. The van der Waals surface area contributed by atoms with Crippen molar-refractivity contribution in [3.8, 4) is 0 Å². The molecule has 0 spiro atoms. The number of aromatic nitrogens is 4. The molecular weight excluding hydrogens is 182 g/mol. The minimum Gasteiger partial charge on any atom is -0.411 e. The fraction of sp³-hybridized carbons (Fsp3) is 0.375. The van der Waals surface area contributed by atoms with E-state index in [0.29, 0.717) is 6.01 Å².